The van der Waals surface area contributed by atoms with E-state index in [1.807, 2.05) is 24.3 Å². The topological polar surface area (TPSA) is 140 Å². The fourth-order valence-corrected chi connectivity index (χ4v) is 4.07. The summed E-state index contributed by atoms with van der Waals surface area (Å²) in [5.41, 5.74) is 5.61. The Hall–Kier alpha value is -3.60. The molecule has 0 saturated carbocycles. The number of H-pyrrole nitrogens is 2. The first-order valence-electron chi connectivity index (χ1n) is 9.38. The number of primary sulfonamides is 1. The first-order valence-corrected chi connectivity index (χ1v) is 10.9. The summed E-state index contributed by atoms with van der Waals surface area (Å²) in [6, 6.07) is 14.2. The molecule has 3 aromatic heterocycles. The zero-order valence-electron chi connectivity index (χ0n) is 16.5. The van der Waals surface area contributed by atoms with Gasteiger partial charge in [-0.1, -0.05) is 24.3 Å². The molecule has 4 N–H and O–H groups in total. The van der Waals surface area contributed by atoms with Gasteiger partial charge in [0.25, 0.3) is 0 Å². The number of imidazole rings is 1. The second-order valence-corrected chi connectivity index (χ2v) is 8.66. The van der Waals surface area contributed by atoms with E-state index in [4.69, 9.17) is 14.9 Å². The molecule has 0 aliphatic heterocycles. The van der Waals surface area contributed by atoms with Gasteiger partial charge < -0.3 is 9.72 Å². The number of nitrogens with one attached hydrogen (secondary N) is 2. The Morgan fingerprint density at radius 1 is 1.10 bits per heavy atom. The Balaban J connectivity index is 1.60. The van der Waals surface area contributed by atoms with Crippen molar-refractivity contribution in [1.82, 2.24) is 25.1 Å². The molecule has 3 heterocycles. The maximum Gasteiger partial charge on any atom is 0.238 e. The van der Waals surface area contributed by atoms with Gasteiger partial charge in [-0.2, -0.15) is 5.10 Å². The SMILES string of the molecule is COCc1cccc2[nH]c(-c3[nH]nc4ncc(-c5ccc(S(N)(=O)=O)cc5)cc34)nc12. The van der Waals surface area contributed by atoms with E-state index in [1.165, 1.54) is 12.1 Å². The number of benzene rings is 2. The highest BCUT2D eigenvalue weighted by molar-refractivity contribution is 7.89. The summed E-state index contributed by atoms with van der Waals surface area (Å²) in [5, 5.41) is 13.3. The van der Waals surface area contributed by atoms with Crippen molar-refractivity contribution in [2.45, 2.75) is 11.5 Å². The van der Waals surface area contributed by atoms with Gasteiger partial charge in [0.2, 0.25) is 10.0 Å². The van der Waals surface area contributed by atoms with E-state index in [0.29, 0.717) is 23.8 Å². The molecule has 0 aliphatic rings. The summed E-state index contributed by atoms with van der Waals surface area (Å²) in [4.78, 5) is 12.6. The Morgan fingerprint density at radius 2 is 1.90 bits per heavy atom. The van der Waals surface area contributed by atoms with E-state index in [1.54, 1.807) is 25.4 Å². The molecular formula is C21H18N6O3S. The van der Waals surface area contributed by atoms with Crippen LogP contribution in [0.2, 0.25) is 0 Å². The van der Waals surface area contributed by atoms with Crippen molar-refractivity contribution in [2.24, 2.45) is 5.14 Å². The average molecular weight is 434 g/mol. The van der Waals surface area contributed by atoms with Crippen LogP contribution < -0.4 is 5.14 Å². The zero-order chi connectivity index (χ0) is 21.6. The molecule has 31 heavy (non-hydrogen) atoms. The molecule has 0 bridgehead atoms. The van der Waals surface area contributed by atoms with Gasteiger partial charge in [-0.05, 0) is 29.8 Å². The summed E-state index contributed by atoms with van der Waals surface area (Å²) in [5.74, 6) is 0.643. The van der Waals surface area contributed by atoms with Crippen LogP contribution in [0.15, 0.2) is 59.6 Å². The fraction of sp³-hybridized carbons (Fsp3) is 0.0952. The van der Waals surface area contributed by atoms with Crippen molar-refractivity contribution in [3.8, 4) is 22.6 Å². The van der Waals surface area contributed by atoms with Crippen LogP contribution in [0, 0.1) is 0 Å². The number of rotatable bonds is 5. The van der Waals surface area contributed by atoms with Gasteiger partial charge in [0, 0.05) is 24.4 Å². The Labute approximate surface area is 177 Å². The van der Waals surface area contributed by atoms with E-state index >= 15 is 0 Å². The van der Waals surface area contributed by atoms with Crippen molar-refractivity contribution in [3.05, 3.63) is 60.3 Å². The first-order chi connectivity index (χ1) is 14.9. The van der Waals surface area contributed by atoms with Crippen LogP contribution >= 0.6 is 0 Å². The van der Waals surface area contributed by atoms with Gasteiger partial charge in [-0.25, -0.2) is 23.5 Å². The lowest BCUT2D eigenvalue weighted by Crippen LogP contribution is -2.11. The Bertz CT molecular complexity index is 1520. The predicted molar refractivity (Wildman–Crippen MR) is 116 cm³/mol. The second kappa shape index (κ2) is 7.27. The van der Waals surface area contributed by atoms with E-state index in [9.17, 15) is 8.42 Å². The molecule has 10 heteroatoms. The van der Waals surface area contributed by atoms with E-state index in [-0.39, 0.29) is 4.90 Å². The molecule has 0 atom stereocenters. The lowest BCUT2D eigenvalue weighted by atomic mass is 10.1. The third kappa shape index (κ3) is 3.46. The normalized spacial score (nSPS) is 12.1. The quantitative estimate of drug-likeness (QED) is 0.388. The van der Waals surface area contributed by atoms with Gasteiger partial charge in [0.1, 0.15) is 5.69 Å². The molecule has 0 fully saturated rings. The minimum atomic E-state index is -3.74. The van der Waals surface area contributed by atoms with Crippen molar-refractivity contribution in [1.29, 1.82) is 0 Å². The third-order valence-electron chi connectivity index (χ3n) is 5.06. The van der Waals surface area contributed by atoms with Crippen molar-refractivity contribution >= 4 is 32.1 Å². The van der Waals surface area contributed by atoms with Gasteiger partial charge in [-0.15, -0.1) is 0 Å². The molecule has 2 aromatic carbocycles. The van der Waals surface area contributed by atoms with Crippen LogP contribution in [0.1, 0.15) is 5.56 Å². The van der Waals surface area contributed by atoms with Crippen LogP contribution in [0.25, 0.3) is 44.7 Å². The smallest absolute Gasteiger partial charge is 0.238 e. The highest BCUT2D eigenvalue weighted by Crippen LogP contribution is 2.30. The molecule has 5 aromatic rings. The molecule has 0 unspecified atom stereocenters. The molecule has 0 saturated heterocycles. The third-order valence-corrected chi connectivity index (χ3v) is 5.99. The lowest BCUT2D eigenvalue weighted by Gasteiger charge is -2.03. The predicted octanol–water partition coefficient (Wildman–Crippen LogP) is 2.96. The summed E-state index contributed by atoms with van der Waals surface area (Å²) in [6.07, 6.45) is 1.69. The number of methoxy groups -OCH3 is 1. The van der Waals surface area contributed by atoms with Crippen LogP contribution in [0.4, 0.5) is 0 Å². The molecule has 0 spiro atoms. The number of ether oxygens (including phenoxy) is 1. The molecule has 0 amide bonds. The molecule has 156 valence electrons. The first kappa shape index (κ1) is 19.4. The molecule has 5 rings (SSSR count). The number of fused-ring (bicyclic) bond motifs is 2. The number of hydrogen-bond acceptors (Lipinski definition) is 6. The number of nitrogens with zero attached hydrogens (tertiary/aromatic N) is 3. The fourth-order valence-electron chi connectivity index (χ4n) is 3.56. The average Bonchev–Trinajstić information content (AvgIpc) is 3.37. The van der Waals surface area contributed by atoms with Crippen LogP contribution in [0.3, 0.4) is 0 Å². The summed E-state index contributed by atoms with van der Waals surface area (Å²) in [7, 11) is -2.09. The summed E-state index contributed by atoms with van der Waals surface area (Å²) >= 11 is 0. The van der Waals surface area contributed by atoms with E-state index < -0.39 is 10.0 Å². The largest absolute Gasteiger partial charge is 0.380 e. The monoisotopic (exact) mass is 434 g/mol. The van der Waals surface area contributed by atoms with Crippen LogP contribution in [0.5, 0.6) is 0 Å². The van der Waals surface area contributed by atoms with Crippen LogP contribution in [-0.2, 0) is 21.4 Å². The minimum Gasteiger partial charge on any atom is -0.380 e. The van der Waals surface area contributed by atoms with Crippen LogP contribution in [-0.4, -0.2) is 40.7 Å². The summed E-state index contributed by atoms with van der Waals surface area (Å²) < 4.78 is 28.3. The van der Waals surface area contributed by atoms with Gasteiger partial charge in [-0.3, -0.25) is 5.10 Å². The maximum absolute atomic E-state index is 11.5. The number of aromatic nitrogens is 5. The second-order valence-electron chi connectivity index (χ2n) is 7.09. The Morgan fingerprint density at radius 3 is 2.65 bits per heavy atom. The number of sulfonamides is 1. The van der Waals surface area contributed by atoms with Gasteiger partial charge >= 0.3 is 0 Å². The molecule has 9 nitrogen and oxygen atoms in total. The zero-order valence-corrected chi connectivity index (χ0v) is 17.3. The van der Waals surface area contributed by atoms with Gasteiger partial charge in [0.15, 0.2) is 11.5 Å². The molecule has 0 radical (unpaired) electrons. The summed E-state index contributed by atoms with van der Waals surface area (Å²) in [6.45, 7) is 0.464. The minimum absolute atomic E-state index is 0.0587. The van der Waals surface area contributed by atoms with Gasteiger partial charge in [0.05, 0.1) is 27.9 Å². The highest BCUT2D eigenvalue weighted by Gasteiger charge is 2.16. The number of nitrogens with two attached hydrogens (primary N) is 1. The van der Waals surface area contributed by atoms with Crippen molar-refractivity contribution in [2.75, 3.05) is 7.11 Å². The number of para-hydroxylation sites is 1. The Kier molecular flexibility index (Phi) is 4.54. The molecular weight excluding hydrogens is 416 g/mol. The maximum atomic E-state index is 11.5. The van der Waals surface area contributed by atoms with Crippen molar-refractivity contribution < 1.29 is 13.2 Å². The number of aromatic amines is 2. The number of pyridine rings is 1. The molecule has 0 aliphatic carbocycles. The lowest BCUT2D eigenvalue weighted by molar-refractivity contribution is 0.186. The standard InChI is InChI=1S/C21H18N6O3S/c1-30-11-13-3-2-4-17-18(13)25-21(24-17)19-16-9-14(10-23-20(16)27-26-19)12-5-7-15(8-6-12)31(22,28)29/h2-10H,11H2,1H3,(H,24,25)(H2,22,28,29)(H,23,26,27). The van der Waals surface area contributed by atoms with E-state index in [2.05, 4.69) is 20.2 Å². The number of hydrogen-bond donors (Lipinski definition) is 3. The van der Waals surface area contributed by atoms with Crippen molar-refractivity contribution in [3.63, 3.8) is 0 Å². The van der Waals surface area contributed by atoms with E-state index in [0.717, 1.165) is 33.1 Å². The highest BCUT2D eigenvalue weighted by atomic mass is 32.2.